The van der Waals surface area contributed by atoms with Crippen molar-refractivity contribution in [1.82, 2.24) is 10.2 Å². The smallest absolute Gasteiger partial charge is 0.222 e. The fourth-order valence-electron chi connectivity index (χ4n) is 1.34. The molecule has 1 fully saturated rings. The van der Waals surface area contributed by atoms with E-state index in [9.17, 15) is 4.79 Å². The summed E-state index contributed by atoms with van der Waals surface area (Å²) in [7, 11) is 1.91. The summed E-state index contributed by atoms with van der Waals surface area (Å²) in [6.07, 6.45) is 1.70. The lowest BCUT2D eigenvalue weighted by molar-refractivity contribution is -0.133. The first-order valence-corrected chi connectivity index (χ1v) is 5.07. The van der Waals surface area contributed by atoms with Gasteiger partial charge in [-0.3, -0.25) is 4.79 Å². The molecule has 1 aliphatic rings. The van der Waals surface area contributed by atoms with Gasteiger partial charge in [-0.2, -0.15) is 0 Å². The van der Waals surface area contributed by atoms with Crippen molar-refractivity contribution in [1.29, 1.82) is 0 Å². The summed E-state index contributed by atoms with van der Waals surface area (Å²) in [5.74, 6) is 0.914. The number of hydrogen-bond acceptors (Lipinski definition) is 2. The Bertz CT molecular complexity index is 176. The molecule has 0 atom stereocenters. The van der Waals surface area contributed by atoms with E-state index in [1.54, 1.807) is 0 Å². The average molecular weight is 184 g/mol. The zero-order valence-corrected chi connectivity index (χ0v) is 8.84. The van der Waals surface area contributed by atoms with Crippen molar-refractivity contribution in [2.24, 2.45) is 5.92 Å². The summed E-state index contributed by atoms with van der Waals surface area (Å²) >= 11 is 0. The maximum Gasteiger partial charge on any atom is 0.222 e. The van der Waals surface area contributed by atoms with Gasteiger partial charge in [0.25, 0.3) is 0 Å². The van der Waals surface area contributed by atoms with Crippen LogP contribution in [-0.4, -0.2) is 37.0 Å². The highest BCUT2D eigenvalue weighted by molar-refractivity contribution is 5.76. The zero-order valence-electron chi connectivity index (χ0n) is 8.84. The van der Waals surface area contributed by atoms with Gasteiger partial charge in [0.15, 0.2) is 0 Å². The van der Waals surface area contributed by atoms with E-state index < -0.39 is 0 Å². The molecule has 76 valence electrons. The van der Waals surface area contributed by atoms with Crippen LogP contribution in [-0.2, 0) is 4.79 Å². The Kier molecular flexibility index (Phi) is 3.72. The fraction of sp³-hybridized carbons (Fsp3) is 0.900. The number of carbonyl (C=O) groups excluding carboxylic acids is 1. The normalized spacial score (nSPS) is 17.2. The minimum absolute atomic E-state index is 0.292. The summed E-state index contributed by atoms with van der Waals surface area (Å²) in [6.45, 7) is 6.23. The summed E-state index contributed by atoms with van der Waals surface area (Å²) in [4.78, 5) is 13.5. The van der Waals surface area contributed by atoms with Crippen molar-refractivity contribution < 1.29 is 4.79 Å². The van der Waals surface area contributed by atoms with E-state index in [1.807, 2.05) is 11.9 Å². The molecule has 0 aromatic heterocycles. The minimum Gasteiger partial charge on any atom is -0.340 e. The van der Waals surface area contributed by atoms with Gasteiger partial charge in [0, 0.05) is 26.6 Å². The molecule has 1 N–H and O–H groups in total. The predicted molar refractivity (Wildman–Crippen MR) is 53.5 cm³/mol. The molecule has 1 rings (SSSR count). The Morgan fingerprint density at radius 3 is 2.54 bits per heavy atom. The molecule has 1 saturated heterocycles. The van der Waals surface area contributed by atoms with Gasteiger partial charge < -0.3 is 10.2 Å². The molecular weight excluding hydrogens is 164 g/mol. The second-order valence-corrected chi connectivity index (χ2v) is 4.25. The van der Waals surface area contributed by atoms with Gasteiger partial charge in [0.1, 0.15) is 0 Å². The molecule has 13 heavy (non-hydrogen) atoms. The fourth-order valence-corrected chi connectivity index (χ4v) is 1.34. The van der Waals surface area contributed by atoms with E-state index >= 15 is 0 Å². The monoisotopic (exact) mass is 184 g/mol. The lowest BCUT2D eigenvalue weighted by Crippen LogP contribution is -2.57. The number of hydrogen-bond donors (Lipinski definition) is 1. The third-order valence-corrected chi connectivity index (χ3v) is 2.64. The highest BCUT2D eigenvalue weighted by Gasteiger charge is 2.24. The number of amides is 1. The van der Waals surface area contributed by atoms with Gasteiger partial charge in [0.05, 0.1) is 6.04 Å². The summed E-state index contributed by atoms with van der Waals surface area (Å²) in [5, 5.41) is 3.17. The summed E-state index contributed by atoms with van der Waals surface area (Å²) in [5.41, 5.74) is 0. The molecule has 3 nitrogen and oxygen atoms in total. The molecule has 0 saturated carbocycles. The molecule has 0 aromatic rings. The molecule has 0 spiro atoms. The standard InChI is InChI=1S/C10H20N2O/c1-8(2)4-5-10(13)12(3)9-6-11-7-9/h8-9,11H,4-7H2,1-3H3. The molecule has 1 aliphatic heterocycles. The first kappa shape index (κ1) is 10.5. The molecule has 0 radical (unpaired) electrons. The van der Waals surface area contributed by atoms with Crippen molar-refractivity contribution >= 4 is 5.91 Å². The quantitative estimate of drug-likeness (QED) is 0.702. The third-order valence-electron chi connectivity index (χ3n) is 2.64. The number of likely N-dealkylation sites (N-methyl/N-ethyl adjacent to an activating group) is 1. The largest absolute Gasteiger partial charge is 0.340 e. The van der Waals surface area contributed by atoms with Gasteiger partial charge in [-0.1, -0.05) is 13.8 Å². The molecule has 1 amide bonds. The molecule has 0 aromatic carbocycles. The van der Waals surface area contributed by atoms with E-state index in [4.69, 9.17) is 0 Å². The lowest BCUT2D eigenvalue weighted by atomic mass is 10.1. The molecule has 0 bridgehead atoms. The van der Waals surface area contributed by atoms with Crippen LogP contribution in [0.15, 0.2) is 0 Å². The van der Waals surface area contributed by atoms with Crippen molar-refractivity contribution in [2.45, 2.75) is 32.7 Å². The topological polar surface area (TPSA) is 32.3 Å². The van der Waals surface area contributed by atoms with Crippen molar-refractivity contribution in [3.05, 3.63) is 0 Å². The van der Waals surface area contributed by atoms with Gasteiger partial charge >= 0.3 is 0 Å². The predicted octanol–water partition coefficient (Wildman–Crippen LogP) is 0.853. The molecule has 1 heterocycles. The Morgan fingerprint density at radius 2 is 2.15 bits per heavy atom. The van der Waals surface area contributed by atoms with Crippen LogP contribution in [0.1, 0.15) is 26.7 Å². The van der Waals surface area contributed by atoms with E-state index in [1.165, 1.54) is 0 Å². The SMILES string of the molecule is CC(C)CCC(=O)N(C)C1CNC1. The van der Waals surface area contributed by atoms with E-state index in [2.05, 4.69) is 19.2 Å². The molecular formula is C10H20N2O. The molecule has 0 aliphatic carbocycles. The Hall–Kier alpha value is -0.570. The minimum atomic E-state index is 0.292. The van der Waals surface area contributed by atoms with Crippen LogP contribution in [0.4, 0.5) is 0 Å². The van der Waals surface area contributed by atoms with Gasteiger partial charge in [-0.05, 0) is 12.3 Å². The second-order valence-electron chi connectivity index (χ2n) is 4.25. The van der Waals surface area contributed by atoms with E-state index in [0.717, 1.165) is 19.5 Å². The van der Waals surface area contributed by atoms with Crippen LogP contribution >= 0.6 is 0 Å². The lowest BCUT2D eigenvalue weighted by Gasteiger charge is -2.35. The van der Waals surface area contributed by atoms with Crippen molar-refractivity contribution in [2.75, 3.05) is 20.1 Å². The van der Waals surface area contributed by atoms with E-state index in [0.29, 0.717) is 24.3 Å². The van der Waals surface area contributed by atoms with Crippen LogP contribution in [0.5, 0.6) is 0 Å². The van der Waals surface area contributed by atoms with Crippen LogP contribution in [0.3, 0.4) is 0 Å². The molecule has 3 heteroatoms. The Morgan fingerprint density at radius 1 is 1.54 bits per heavy atom. The third kappa shape index (κ3) is 2.99. The number of nitrogens with zero attached hydrogens (tertiary/aromatic N) is 1. The van der Waals surface area contributed by atoms with Crippen molar-refractivity contribution in [3.8, 4) is 0 Å². The Balaban J connectivity index is 2.21. The van der Waals surface area contributed by atoms with Crippen LogP contribution in [0, 0.1) is 5.92 Å². The number of nitrogens with one attached hydrogen (secondary N) is 1. The van der Waals surface area contributed by atoms with Crippen LogP contribution in [0.25, 0.3) is 0 Å². The summed E-state index contributed by atoms with van der Waals surface area (Å²) < 4.78 is 0. The number of rotatable bonds is 4. The maximum absolute atomic E-state index is 11.6. The van der Waals surface area contributed by atoms with Crippen molar-refractivity contribution in [3.63, 3.8) is 0 Å². The van der Waals surface area contributed by atoms with Crippen LogP contribution < -0.4 is 5.32 Å². The van der Waals surface area contributed by atoms with E-state index in [-0.39, 0.29) is 0 Å². The first-order chi connectivity index (χ1) is 6.11. The first-order valence-electron chi connectivity index (χ1n) is 5.07. The van der Waals surface area contributed by atoms with Crippen LogP contribution in [0.2, 0.25) is 0 Å². The highest BCUT2D eigenvalue weighted by Crippen LogP contribution is 2.09. The van der Waals surface area contributed by atoms with Gasteiger partial charge in [-0.25, -0.2) is 0 Å². The maximum atomic E-state index is 11.6. The zero-order chi connectivity index (χ0) is 9.84. The van der Waals surface area contributed by atoms with Gasteiger partial charge in [0.2, 0.25) is 5.91 Å². The molecule has 0 unspecified atom stereocenters. The summed E-state index contributed by atoms with van der Waals surface area (Å²) in [6, 6.07) is 0.444. The highest BCUT2D eigenvalue weighted by atomic mass is 16.2. The number of carbonyl (C=O) groups is 1. The average Bonchev–Trinajstić information content (AvgIpc) is 1.96. The second kappa shape index (κ2) is 4.61. The Labute approximate surface area is 80.5 Å². The van der Waals surface area contributed by atoms with Gasteiger partial charge in [-0.15, -0.1) is 0 Å².